The summed E-state index contributed by atoms with van der Waals surface area (Å²) in [6.07, 6.45) is 16.0. The van der Waals surface area contributed by atoms with Crippen molar-refractivity contribution in [3.05, 3.63) is 40.7 Å². The molecule has 3 N–H and O–H groups in total. The van der Waals surface area contributed by atoms with Gasteiger partial charge in [0.15, 0.2) is 0 Å². The number of carboxylic acids is 1. The predicted molar refractivity (Wildman–Crippen MR) is 100 cm³/mol. The maximum absolute atomic E-state index is 10.6. The van der Waals surface area contributed by atoms with E-state index in [1.165, 1.54) is 49.3 Å². The van der Waals surface area contributed by atoms with Crippen molar-refractivity contribution in [1.82, 2.24) is 0 Å². The molecule has 4 heteroatoms. The molecule has 0 amide bonds. The van der Waals surface area contributed by atoms with Crippen LogP contribution in [0.15, 0.2) is 40.7 Å². The molecular weight excluding hydrogens is 316 g/mol. The Morgan fingerprint density at radius 3 is 2.68 bits per heavy atom. The number of aliphatic hydroxyl groups is 2. The van der Waals surface area contributed by atoms with Crippen LogP contribution in [0, 0.1) is 0 Å². The van der Waals surface area contributed by atoms with E-state index in [1.54, 1.807) is 0 Å². The summed E-state index contributed by atoms with van der Waals surface area (Å²) in [6.45, 7) is 4.16. The molecule has 0 aromatic rings. The molecule has 4 nitrogen and oxygen atoms in total. The number of allylic oxidation sites excluding steroid dienone is 4. The van der Waals surface area contributed by atoms with Crippen LogP contribution < -0.4 is 0 Å². The molecule has 0 spiro atoms. The summed E-state index contributed by atoms with van der Waals surface area (Å²) < 4.78 is 0. The molecule has 0 saturated carbocycles. The molecular formula is C21H32O4. The van der Waals surface area contributed by atoms with Crippen LogP contribution in [0.3, 0.4) is 0 Å². The summed E-state index contributed by atoms with van der Waals surface area (Å²) in [5, 5.41) is 27.2. The molecule has 0 aromatic carbocycles. The van der Waals surface area contributed by atoms with Gasteiger partial charge in [0.25, 0.3) is 5.79 Å². The molecule has 25 heavy (non-hydrogen) atoms. The van der Waals surface area contributed by atoms with Crippen LogP contribution in [0.25, 0.3) is 0 Å². The summed E-state index contributed by atoms with van der Waals surface area (Å²) in [5.41, 5.74) is 6.79. The molecule has 0 radical (unpaired) electrons. The molecule has 0 unspecified atom stereocenters. The van der Waals surface area contributed by atoms with Crippen LogP contribution >= 0.6 is 0 Å². The molecule has 0 atom stereocenters. The van der Waals surface area contributed by atoms with E-state index in [9.17, 15) is 15.0 Å². The Kier molecular flexibility index (Phi) is 9.51. The largest absolute Gasteiger partial charge is 0.477 e. The average molecular weight is 348 g/mol. The van der Waals surface area contributed by atoms with E-state index in [0.717, 1.165) is 31.3 Å². The topological polar surface area (TPSA) is 77.8 Å². The van der Waals surface area contributed by atoms with Gasteiger partial charge in [-0.05, 0) is 62.7 Å². The molecule has 1 aliphatic rings. The van der Waals surface area contributed by atoms with Gasteiger partial charge in [-0.25, -0.2) is 4.79 Å². The Morgan fingerprint density at radius 2 is 2.00 bits per heavy atom. The van der Waals surface area contributed by atoms with Crippen molar-refractivity contribution in [1.29, 1.82) is 0 Å². The third-order valence-corrected chi connectivity index (χ3v) is 4.48. The van der Waals surface area contributed by atoms with Gasteiger partial charge >= 0.3 is 5.97 Å². The van der Waals surface area contributed by atoms with Gasteiger partial charge in [-0.3, -0.25) is 0 Å². The third kappa shape index (κ3) is 8.35. The highest BCUT2D eigenvalue weighted by molar-refractivity contribution is 5.75. The summed E-state index contributed by atoms with van der Waals surface area (Å²) in [5.74, 6) is -4.36. The molecule has 140 valence electrons. The van der Waals surface area contributed by atoms with Gasteiger partial charge in [-0.15, -0.1) is 5.73 Å². The van der Waals surface area contributed by atoms with Gasteiger partial charge in [-0.2, -0.15) is 0 Å². The summed E-state index contributed by atoms with van der Waals surface area (Å²) in [4.78, 5) is 10.6. The number of rotatable bonds is 11. The van der Waals surface area contributed by atoms with Gasteiger partial charge in [0, 0.05) is 6.42 Å². The number of carbonyl (C=O) groups is 1. The Balaban J connectivity index is 2.58. The third-order valence-electron chi connectivity index (χ3n) is 4.48. The van der Waals surface area contributed by atoms with Crippen molar-refractivity contribution in [2.75, 3.05) is 0 Å². The molecule has 0 aromatic heterocycles. The molecule has 0 fully saturated rings. The molecule has 0 heterocycles. The van der Waals surface area contributed by atoms with Crippen LogP contribution in [0.2, 0.25) is 0 Å². The minimum absolute atomic E-state index is 0.372. The van der Waals surface area contributed by atoms with Crippen LogP contribution in [0.5, 0.6) is 0 Å². The van der Waals surface area contributed by atoms with Crippen LogP contribution in [0.1, 0.15) is 78.1 Å². The molecule has 0 aliphatic heterocycles. The second-order valence-corrected chi connectivity index (χ2v) is 6.87. The zero-order chi connectivity index (χ0) is 18.7. The highest BCUT2D eigenvalue weighted by Gasteiger charge is 2.31. The summed E-state index contributed by atoms with van der Waals surface area (Å²) >= 11 is 0. The van der Waals surface area contributed by atoms with Crippen LogP contribution in [0.4, 0.5) is 0 Å². The van der Waals surface area contributed by atoms with Gasteiger partial charge in [-0.1, -0.05) is 43.9 Å². The van der Waals surface area contributed by atoms with E-state index in [4.69, 9.17) is 5.11 Å². The first-order valence-electron chi connectivity index (χ1n) is 9.33. The molecule has 0 saturated heterocycles. The number of carboxylic acid groups (broad SMARTS) is 1. The SMILES string of the molecule is CCCCCC/C=C/C1=C(CC(C)=C=CCC(O)(O)C(=O)O)CCC1. The van der Waals surface area contributed by atoms with Crippen molar-refractivity contribution in [3.8, 4) is 0 Å². The fourth-order valence-electron chi connectivity index (χ4n) is 2.97. The lowest BCUT2D eigenvalue weighted by Crippen LogP contribution is -2.37. The maximum Gasteiger partial charge on any atom is 0.364 e. The van der Waals surface area contributed by atoms with E-state index >= 15 is 0 Å². The normalized spacial score (nSPS) is 14.9. The first kappa shape index (κ1) is 21.4. The highest BCUT2D eigenvalue weighted by Crippen LogP contribution is 2.31. The summed E-state index contributed by atoms with van der Waals surface area (Å²) in [7, 11) is 0. The second kappa shape index (κ2) is 11.1. The van der Waals surface area contributed by atoms with Crippen molar-refractivity contribution in [2.24, 2.45) is 0 Å². The number of aliphatic carboxylic acids is 1. The van der Waals surface area contributed by atoms with Crippen LogP contribution in [-0.4, -0.2) is 27.1 Å². The smallest absolute Gasteiger partial charge is 0.364 e. The van der Waals surface area contributed by atoms with Crippen molar-refractivity contribution in [2.45, 2.75) is 83.8 Å². The van der Waals surface area contributed by atoms with E-state index in [-0.39, 0.29) is 6.42 Å². The highest BCUT2D eigenvalue weighted by atomic mass is 16.5. The van der Waals surface area contributed by atoms with Crippen molar-refractivity contribution >= 4 is 5.97 Å². The molecule has 0 bridgehead atoms. The van der Waals surface area contributed by atoms with Gasteiger partial charge < -0.3 is 15.3 Å². The summed E-state index contributed by atoms with van der Waals surface area (Å²) in [6, 6.07) is 0. The fourth-order valence-corrected chi connectivity index (χ4v) is 2.97. The van der Waals surface area contributed by atoms with Gasteiger partial charge in [0.05, 0.1) is 0 Å². The first-order chi connectivity index (χ1) is 11.9. The zero-order valence-electron chi connectivity index (χ0n) is 15.6. The first-order valence-corrected chi connectivity index (χ1v) is 9.33. The predicted octanol–water partition coefficient (Wildman–Crippen LogP) is 4.64. The Bertz CT molecular complexity index is 560. The Morgan fingerprint density at radius 1 is 1.24 bits per heavy atom. The standard InChI is InChI=1S/C21H32O4/c1-3-4-5-6-7-8-12-18-13-9-14-19(18)16-17(2)11-10-15-21(24,25)20(22)23/h8,10,12,24-25H,3-7,9,13-16H2,1-2H3,(H,22,23)/b12-8+. The lowest BCUT2D eigenvalue weighted by molar-refractivity contribution is -0.201. The quantitative estimate of drug-likeness (QED) is 0.289. The second-order valence-electron chi connectivity index (χ2n) is 6.87. The van der Waals surface area contributed by atoms with Gasteiger partial charge in [0.1, 0.15) is 0 Å². The minimum Gasteiger partial charge on any atom is -0.477 e. The van der Waals surface area contributed by atoms with E-state index in [0.29, 0.717) is 0 Å². The molecule has 1 rings (SSSR count). The zero-order valence-corrected chi connectivity index (χ0v) is 15.6. The fraction of sp³-hybridized carbons (Fsp3) is 0.619. The average Bonchev–Trinajstić information content (AvgIpc) is 2.97. The molecule has 1 aliphatic carbocycles. The number of hydrogen-bond acceptors (Lipinski definition) is 3. The van der Waals surface area contributed by atoms with Crippen molar-refractivity contribution in [3.63, 3.8) is 0 Å². The maximum atomic E-state index is 10.6. The Hall–Kier alpha value is -1.61. The number of hydrogen-bond donors (Lipinski definition) is 3. The lowest BCUT2D eigenvalue weighted by Gasteiger charge is -2.12. The van der Waals surface area contributed by atoms with Crippen LogP contribution in [-0.2, 0) is 4.79 Å². The van der Waals surface area contributed by atoms with Crippen molar-refractivity contribution < 1.29 is 20.1 Å². The van der Waals surface area contributed by atoms with E-state index in [1.807, 2.05) is 6.92 Å². The minimum atomic E-state index is -2.72. The monoisotopic (exact) mass is 348 g/mol. The van der Waals surface area contributed by atoms with E-state index < -0.39 is 11.8 Å². The Labute approximate surface area is 151 Å². The van der Waals surface area contributed by atoms with Gasteiger partial charge in [0.2, 0.25) is 0 Å². The lowest BCUT2D eigenvalue weighted by atomic mass is 10.0. The number of unbranched alkanes of at least 4 members (excludes halogenated alkanes) is 4. The van der Waals surface area contributed by atoms with E-state index in [2.05, 4.69) is 24.8 Å².